The maximum atomic E-state index is 14.2. The van der Waals surface area contributed by atoms with Crippen LogP contribution in [0.15, 0.2) is 109 Å². The maximum absolute atomic E-state index is 14.2. The first-order valence-corrected chi connectivity index (χ1v) is 20.7. The van der Waals surface area contributed by atoms with Crippen molar-refractivity contribution in [2.45, 2.75) is 82.4 Å². The van der Waals surface area contributed by atoms with Crippen LogP contribution in [0.1, 0.15) is 78.8 Å². The van der Waals surface area contributed by atoms with Crippen LogP contribution in [0.3, 0.4) is 0 Å². The van der Waals surface area contributed by atoms with Gasteiger partial charge in [-0.05, 0) is 47.2 Å². The normalized spacial score (nSPS) is 23.0. The zero-order valence-electron chi connectivity index (χ0n) is 31.4. The molecular weight excluding hydrogens is 739 g/mol. The molecule has 4 aromatic carbocycles. The topological polar surface area (TPSA) is 134 Å². The predicted octanol–water partition coefficient (Wildman–Crippen LogP) is 9.14. The Morgan fingerprint density at radius 3 is 1.93 bits per heavy atom. The van der Waals surface area contributed by atoms with Gasteiger partial charge in [-0.1, -0.05) is 124 Å². The number of hydrogen-bond acceptors (Lipinski definition) is 12. The molecule has 13 heteroatoms. The molecule has 0 aromatic heterocycles. The molecule has 6 atom stereocenters. The highest BCUT2D eigenvalue weighted by atomic mass is 31.2. The van der Waals surface area contributed by atoms with Crippen LogP contribution in [0.4, 0.5) is 4.79 Å². The minimum atomic E-state index is -4.33. The number of unbranched alkanes of at least 4 members (excludes halogenated alkanes) is 2. The van der Waals surface area contributed by atoms with E-state index in [0.29, 0.717) is 18.4 Å². The molecule has 4 aromatic rings. The van der Waals surface area contributed by atoms with E-state index in [0.717, 1.165) is 35.1 Å². The lowest BCUT2D eigenvalue weighted by molar-refractivity contribution is -0.351. The van der Waals surface area contributed by atoms with Gasteiger partial charge in [0.25, 0.3) is 0 Å². The summed E-state index contributed by atoms with van der Waals surface area (Å²) in [6, 6.07) is 33.5. The summed E-state index contributed by atoms with van der Waals surface area (Å²) in [6.45, 7) is 4.03. The lowest BCUT2D eigenvalue weighted by Gasteiger charge is -2.48. The number of rotatable bonds is 16. The van der Waals surface area contributed by atoms with Crippen molar-refractivity contribution >= 4 is 19.9 Å². The summed E-state index contributed by atoms with van der Waals surface area (Å²) in [5.41, 5.74) is 5.11. The van der Waals surface area contributed by atoms with Gasteiger partial charge in [-0.25, -0.2) is 14.2 Å². The molecule has 7 rings (SSSR count). The van der Waals surface area contributed by atoms with Gasteiger partial charge in [0.15, 0.2) is 18.5 Å². The van der Waals surface area contributed by atoms with Gasteiger partial charge in [-0.2, -0.15) is 0 Å². The molecule has 2 saturated heterocycles. The first kappa shape index (κ1) is 39.8. The lowest BCUT2D eigenvalue weighted by atomic mass is 9.97. The standard InChI is InChI=1S/C43H47O12P/c1-3-5-25-49-56(46,50-26-6-4-2)55-42-39(52-40(44)29-17-9-7-10-18-29)38(37-36(51-42)28-47-41(53-37)30-19-11-8-12-20-30)54-43(45)48-27-35-33-23-15-13-21-31(33)32-22-14-16-24-34(32)35/h7-24,35-39,41-42H,3-6,25-28H2,1-2H3/t36?,37-,38?,39+,41?,42+/m1/s1. The summed E-state index contributed by atoms with van der Waals surface area (Å²) in [7, 11) is -4.33. The Morgan fingerprint density at radius 1 is 0.714 bits per heavy atom. The number of phosphoric ester groups is 1. The molecule has 0 amide bonds. The van der Waals surface area contributed by atoms with Crippen LogP contribution in [0.25, 0.3) is 11.1 Å². The summed E-state index contributed by atoms with van der Waals surface area (Å²) < 4.78 is 68.7. The largest absolute Gasteiger partial charge is 0.508 e. The Balaban J connectivity index is 1.20. The van der Waals surface area contributed by atoms with Gasteiger partial charge in [0, 0.05) is 11.5 Å². The molecule has 2 heterocycles. The van der Waals surface area contributed by atoms with Crippen molar-refractivity contribution in [2.24, 2.45) is 0 Å². The van der Waals surface area contributed by atoms with Crippen LogP contribution in [-0.4, -0.2) is 69.3 Å². The number of esters is 1. The van der Waals surface area contributed by atoms with Crippen molar-refractivity contribution in [3.8, 4) is 11.1 Å². The minimum Gasteiger partial charge on any atom is -0.449 e. The summed E-state index contributed by atoms with van der Waals surface area (Å²) in [5, 5.41) is 0. The maximum Gasteiger partial charge on any atom is 0.508 e. The van der Waals surface area contributed by atoms with Gasteiger partial charge in [0.05, 0.1) is 25.4 Å². The fraction of sp³-hybridized carbons (Fsp3) is 0.395. The van der Waals surface area contributed by atoms with Crippen molar-refractivity contribution < 1.29 is 56.1 Å². The quantitative estimate of drug-likeness (QED) is 0.0609. The van der Waals surface area contributed by atoms with Gasteiger partial charge in [-0.15, -0.1) is 0 Å². The second kappa shape index (κ2) is 18.7. The van der Waals surface area contributed by atoms with Crippen molar-refractivity contribution in [1.82, 2.24) is 0 Å². The van der Waals surface area contributed by atoms with Crippen molar-refractivity contribution in [1.29, 1.82) is 0 Å². The molecule has 0 radical (unpaired) electrons. The zero-order chi connectivity index (χ0) is 38.9. The van der Waals surface area contributed by atoms with E-state index in [2.05, 4.69) is 0 Å². The first-order valence-electron chi connectivity index (χ1n) is 19.2. The van der Waals surface area contributed by atoms with E-state index in [9.17, 15) is 14.2 Å². The predicted molar refractivity (Wildman–Crippen MR) is 205 cm³/mol. The molecule has 0 saturated carbocycles. The van der Waals surface area contributed by atoms with E-state index in [4.69, 9.17) is 42.0 Å². The number of phosphoric acid groups is 1. The fourth-order valence-corrected chi connectivity index (χ4v) is 8.36. The molecule has 12 nitrogen and oxygen atoms in total. The summed E-state index contributed by atoms with van der Waals surface area (Å²) in [5.74, 6) is -1.01. The molecule has 0 bridgehead atoms. The molecule has 3 aliphatic rings. The van der Waals surface area contributed by atoms with Crippen LogP contribution in [-0.2, 0) is 46.6 Å². The molecule has 3 unspecified atom stereocenters. The summed E-state index contributed by atoms with van der Waals surface area (Å²) in [4.78, 5) is 27.7. The molecular formula is C43H47O12P. The first-order chi connectivity index (χ1) is 27.4. The molecule has 0 spiro atoms. The highest BCUT2D eigenvalue weighted by Crippen LogP contribution is 2.53. The lowest BCUT2D eigenvalue weighted by Crippen LogP contribution is -2.64. The Morgan fingerprint density at radius 2 is 1.30 bits per heavy atom. The van der Waals surface area contributed by atoms with Crippen molar-refractivity contribution in [2.75, 3.05) is 26.4 Å². The fourth-order valence-electron chi connectivity index (χ4n) is 7.04. The average Bonchev–Trinajstić information content (AvgIpc) is 3.55. The average molecular weight is 787 g/mol. The third-order valence-corrected chi connectivity index (χ3v) is 11.4. The van der Waals surface area contributed by atoms with Crippen LogP contribution in [0, 0.1) is 0 Å². The number of benzene rings is 4. The van der Waals surface area contributed by atoms with Crippen LogP contribution in [0.2, 0.25) is 0 Å². The van der Waals surface area contributed by atoms with E-state index >= 15 is 0 Å². The Hall–Kier alpha value is -4.39. The van der Waals surface area contributed by atoms with Gasteiger partial charge in [0.1, 0.15) is 18.8 Å². The van der Waals surface area contributed by atoms with Crippen molar-refractivity contribution in [3.63, 3.8) is 0 Å². The van der Waals surface area contributed by atoms with Gasteiger partial charge in [0.2, 0.25) is 6.29 Å². The Kier molecular flexibility index (Phi) is 13.3. The molecule has 56 heavy (non-hydrogen) atoms. The second-order valence-corrected chi connectivity index (χ2v) is 15.4. The number of carbonyl (C=O) groups is 2. The number of hydrogen-bond donors (Lipinski definition) is 0. The minimum absolute atomic E-state index is 0.0269. The molecule has 2 aliphatic heterocycles. The van der Waals surface area contributed by atoms with E-state index in [1.165, 1.54) is 0 Å². The van der Waals surface area contributed by atoms with E-state index in [1.807, 2.05) is 92.7 Å². The SMILES string of the molecule is CCCCOP(=O)(OCCCC)O[C@@H]1OC2COC(c3ccccc3)O[C@H]2C(OC(=O)OCC2c3ccccc3-c3ccccc32)[C@@H]1OC(=O)c1ccccc1. The van der Waals surface area contributed by atoms with Crippen LogP contribution < -0.4 is 0 Å². The smallest absolute Gasteiger partial charge is 0.449 e. The van der Waals surface area contributed by atoms with Gasteiger partial charge in [-0.3, -0.25) is 13.6 Å². The highest BCUT2D eigenvalue weighted by molar-refractivity contribution is 7.48. The second-order valence-electron chi connectivity index (χ2n) is 13.8. The van der Waals surface area contributed by atoms with Gasteiger partial charge < -0.3 is 28.4 Å². The van der Waals surface area contributed by atoms with Crippen LogP contribution in [0.5, 0.6) is 0 Å². The monoisotopic (exact) mass is 786 g/mol. The number of carbonyl (C=O) groups excluding carboxylic acids is 2. The third kappa shape index (κ3) is 9.24. The Labute approximate surface area is 326 Å². The van der Waals surface area contributed by atoms with E-state index in [1.54, 1.807) is 30.3 Å². The number of ether oxygens (including phenoxy) is 6. The highest BCUT2D eigenvalue weighted by Gasteiger charge is 2.56. The van der Waals surface area contributed by atoms with Crippen LogP contribution >= 0.6 is 7.82 Å². The Bertz CT molecular complexity index is 1900. The molecule has 2 fully saturated rings. The van der Waals surface area contributed by atoms with Gasteiger partial charge >= 0.3 is 19.9 Å². The van der Waals surface area contributed by atoms with Crippen molar-refractivity contribution in [3.05, 3.63) is 131 Å². The third-order valence-electron chi connectivity index (χ3n) is 9.90. The zero-order valence-corrected chi connectivity index (χ0v) is 32.3. The molecule has 0 N–H and O–H groups in total. The summed E-state index contributed by atoms with van der Waals surface area (Å²) in [6.07, 6.45) is -5.72. The number of fused-ring (bicyclic) bond motifs is 4. The molecule has 1 aliphatic carbocycles. The van der Waals surface area contributed by atoms with E-state index in [-0.39, 0.29) is 37.9 Å². The summed E-state index contributed by atoms with van der Waals surface area (Å²) >= 11 is 0. The van der Waals surface area contributed by atoms with E-state index < -0.39 is 56.9 Å². The molecule has 296 valence electrons.